The third kappa shape index (κ3) is 4.85. The van der Waals surface area contributed by atoms with Gasteiger partial charge in [0.1, 0.15) is 0 Å². The molecule has 1 saturated heterocycles. The van der Waals surface area contributed by atoms with Crippen LogP contribution in [0.2, 0.25) is 0 Å². The topological polar surface area (TPSA) is 58.4 Å². The summed E-state index contributed by atoms with van der Waals surface area (Å²) in [4.78, 5) is 14.2. The van der Waals surface area contributed by atoms with Crippen molar-refractivity contribution in [3.8, 4) is 0 Å². The molecule has 17 heavy (non-hydrogen) atoms. The zero-order valence-electron chi connectivity index (χ0n) is 11.1. The Morgan fingerprint density at radius 2 is 2.35 bits per heavy atom. The molecule has 0 radical (unpaired) electrons. The fourth-order valence-corrected chi connectivity index (χ4v) is 2.59. The van der Waals surface area contributed by atoms with E-state index in [9.17, 15) is 4.79 Å². The van der Waals surface area contributed by atoms with E-state index in [1.807, 2.05) is 6.26 Å². The van der Waals surface area contributed by atoms with Gasteiger partial charge in [0, 0.05) is 18.6 Å². The first kappa shape index (κ1) is 14.8. The number of piperidine rings is 1. The van der Waals surface area contributed by atoms with Gasteiger partial charge in [-0.25, -0.2) is 0 Å². The third-order valence-electron chi connectivity index (χ3n) is 3.52. The van der Waals surface area contributed by atoms with Crippen molar-refractivity contribution in [2.45, 2.75) is 44.3 Å². The number of nitrogens with zero attached hydrogens (tertiary/aromatic N) is 1. The Hall–Kier alpha value is -0.260. The fourth-order valence-electron chi connectivity index (χ4n) is 2.10. The van der Waals surface area contributed by atoms with Gasteiger partial charge < -0.3 is 16.0 Å². The number of likely N-dealkylation sites (tertiary alicyclic amines) is 1. The molecule has 3 N–H and O–H groups in total. The molecular formula is C12H25N3OS. The lowest BCUT2D eigenvalue weighted by atomic mass is 9.98. The molecule has 1 rings (SSSR count). The van der Waals surface area contributed by atoms with E-state index >= 15 is 0 Å². The number of hydrogen-bond acceptors (Lipinski definition) is 4. The lowest BCUT2D eigenvalue weighted by molar-refractivity contribution is -0.123. The van der Waals surface area contributed by atoms with Gasteiger partial charge in [0.15, 0.2) is 0 Å². The minimum absolute atomic E-state index is 0.0146. The molecule has 100 valence electrons. The summed E-state index contributed by atoms with van der Waals surface area (Å²) in [6.45, 7) is 3.25. The molecule has 0 aliphatic carbocycles. The largest absolute Gasteiger partial charge is 0.352 e. The van der Waals surface area contributed by atoms with Gasteiger partial charge in [0.2, 0.25) is 5.91 Å². The number of carbonyl (C=O) groups is 1. The van der Waals surface area contributed by atoms with Crippen molar-refractivity contribution in [2.24, 2.45) is 5.73 Å². The zero-order valence-corrected chi connectivity index (χ0v) is 11.9. The number of thioether (sulfide) groups is 1. The summed E-state index contributed by atoms with van der Waals surface area (Å²) in [7, 11) is 2.13. The van der Waals surface area contributed by atoms with Crippen molar-refractivity contribution in [1.82, 2.24) is 10.2 Å². The van der Waals surface area contributed by atoms with Gasteiger partial charge in [-0.1, -0.05) is 0 Å². The number of rotatable bonds is 5. The van der Waals surface area contributed by atoms with Crippen LogP contribution in [-0.4, -0.2) is 54.5 Å². The van der Waals surface area contributed by atoms with E-state index in [1.165, 1.54) is 0 Å². The second kappa shape index (κ2) is 7.24. The van der Waals surface area contributed by atoms with Crippen LogP contribution in [0.4, 0.5) is 0 Å². The summed E-state index contributed by atoms with van der Waals surface area (Å²) in [5.74, 6) is 0.957. The number of nitrogens with two attached hydrogens (primary N) is 1. The quantitative estimate of drug-likeness (QED) is 0.762. The Balaban J connectivity index is 2.31. The first-order valence-corrected chi connectivity index (χ1v) is 7.69. The van der Waals surface area contributed by atoms with Crippen molar-refractivity contribution in [1.29, 1.82) is 0 Å². The minimum Gasteiger partial charge on any atom is -0.352 e. The number of carbonyl (C=O) groups excluding carboxylic acids is 1. The Bertz CT molecular complexity index is 250. The second-order valence-corrected chi connectivity index (χ2v) is 5.93. The highest BCUT2D eigenvalue weighted by Gasteiger charge is 2.25. The maximum absolute atomic E-state index is 11.8. The molecule has 0 aromatic heterocycles. The summed E-state index contributed by atoms with van der Waals surface area (Å²) >= 11 is 1.73. The highest BCUT2D eigenvalue weighted by Crippen LogP contribution is 2.15. The smallest absolute Gasteiger partial charge is 0.237 e. The molecule has 1 heterocycles. The summed E-state index contributed by atoms with van der Waals surface area (Å²) < 4.78 is 0. The van der Waals surface area contributed by atoms with Gasteiger partial charge in [0.25, 0.3) is 0 Å². The highest BCUT2D eigenvalue weighted by atomic mass is 32.2. The molecule has 1 aliphatic heterocycles. The average Bonchev–Trinajstić information content (AvgIpc) is 2.30. The van der Waals surface area contributed by atoms with E-state index in [1.54, 1.807) is 11.8 Å². The Morgan fingerprint density at radius 1 is 1.65 bits per heavy atom. The van der Waals surface area contributed by atoms with E-state index in [2.05, 4.69) is 24.2 Å². The predicted molar refractivity (Wildman–Crippen MR) is 74.2 cm³/mol. The Kier molecular flexibility index (Phi) is 6.30. The van der Waals surface area contributed by atoms with Gasteiger partial charge in [-0.15, -0.1) is 0 Å². The molecule has 0 saturated carbocycles. The van der Waals surface area contributed by atoms with Crippen molar-refractivity contribution < 1.29 is 4.79 Å². The van der Waals surface area contributed by atoms with Crippen LogP contribution >= 0.6 is 11.8 Å². The Morgan fingerprint density at radius 3 is 2.94 bits per heavy atom. The summed E-state index contributed by atoms with van der Waals surface area (Å²) in [5.41, 5.74) is 5.85. The van der Waals surface area contributed by atoms with Crippen LogP contribution in [0.3, 0.4) is 0 Å². The van der Waals surface area contributed by atoms with Crippen molar-refractivity contribution >= 4 is 17.7 Å². The van der Waals surface area contributed by atoms with Crippen LogP contribution in [0.1, 0.15) is 26.2 Å². The molecule has 0 spiro atoms. The van der Waals surface area contributed by atoms with Gasteiger partial charge in [-0.3, -0.25) is 4.79 Å². The SMILES string of the molecule is CSCC[C@H](N)C(=O)NC1CCN(C)C(C)C1. The molecule has 0 bridgehead atoms. The van der Waals surface area contributed by atoms with Crippen LogP contribution in [-0.2, 0) is 4.79 Å². The molecule has 1 fully saturated rings. The molecule has 2 unspecified atom stereocenters. The summed E-state index contributed by atoms with van der Waals surface area (Å²) in [6, 6.07) is 0.489. The normalized spacial score (nSPS) is 27.8. The molecule has 1 amide bonds. The standard InChI is InChI=1S/C12H25N3OS/c1-9-8-10(4-6-15(9)2)14-12(16)11(13)5-7-17-3/h9-11H,4-8,13H2,1-3H3,(H,14,16)/t9?,10?,11-/m0/s1. The maximum Gasteiger partial charge on any atom is 0.237 e. The summed E-state index contributed by atoms with van der Waals surface area (Å²) in [5, 5.41) is 3.08. The van der Waals surface area contributed by atoms with E-state index in [-0.39, 0.29) is 11.9 Å². The monoisotopic (exact) mass is 259 g/mol. The van der Waals surface area contributed by atoms with Crippen molar-refractivity contribution in [3.63, 3.8) is 0 Å². The molecule has 0 aromatic carbocycles. The van der Waals surface area contributed by atoms with E-state index in [4.69, 9.17) is 5.73 Å². The third-order valence-corrected chi connectivity index (χ3v) is 4.17. The lowest BCUT2D eigenvalue weighted by Gasteiger charge is -2.35. The number of nitrogens with one attached hydrogen (secondary N) is 1. The molecule has 4 nitrogen and oxygen atoms in total. The van der Waals surface area contributed by atoms with Crippen LogP contribution in [0.5, 0.6) is 0 Å². The number of amides is 1. The van der Waals surface area contributed by atoms with Crippen molar-refractivity contribution in [2.75, 3.05) is 25.6 Å². The van der Waals surface area contributed by atoms with Crippen molar-refractivity contribution in [3.05, 3.63) is 0 Å². The van der Waals surface area contributed by atoms with Gasteiger partial charge >= 0.3 is 0 Å². The van der Waals surface area contributed by atoms with Gasteiger partial charge in [0.05, 0.1) is 6.04 Å². The van der Waals surface area contributed by atoms with Gasteiger partial charge in [-0.2, -0.15) is 11.8 Å². The van der Waals surface area contributed by atoms with E-state index in [0.29, 0.717) is 12.1 Å². The molecular weight excluding hydrogens is 234 g/mol. The van der Waals surface area contributed by atoms with Gasteiger partial charge in [-0.05, 0) is 45.2 Å². The molecule has 5 heteroatoms. The fraction of sp³-hybridized carbons (Fsp3) is 0.917. The van der Waals surface area contributed by atoms with E-state index in [0.717, 1.165) is 31.6 Å². The van der Waals surface area contributed by atoms with Crippen LogP contribution in [0.15, 0.2) is 0 Å². The van der Waals surface area contributed by atoms with Crippen LogP contribution in [0.25, 0.3) is 0 Å². The first-order chi connectivity index (χ1) is 8.04. The maximum atomic E-state index is 11.8. The highest BCUT2D eigenvalue weighted by molar-refractivity contribution is 7.98. The van der Waals surface area contributed by atoms with E-state index < -0.39 is 0 Å². The second-order valence-electron chi connectivity index (χ2n) is 4.95. The number of hydrogen-bond donors (Lipinski definition) is 2. The zero-order chi connectivity index (χ0) is 12.8. The average molecular weight is 259 g/mol. The molecule has 3 atom stereocenters. The minimum atomic E-state index is -0.350. The van der Waals surface area contributed by atoms with Crippen LogP contribution in [0, 0.1) is 0 Å². The lowest BCUT2D eigenvalue weighted by Crippen LogP contribution is -2.51. The first-order valence-electron chi connectivity index (χ1n) is 6.29. The molecule has 0 aromatic rings. The predicted octanol–water partition coefficient (Wildman–Crippen LogP) is 0.666. The summed E-state index contributed by atoms with van der Waals surface area (Å²) in [6.07, 6.45) is 4.85. The Labute approximate surface area is 109 Å². The van der Waals surface area contributed by atoms with Crippen LogP contribution < -0.4 is 11.1 Å². The molecule has 1 aliphatic rings.